The van der Waals surface area contributed by atoms with Crippen LogP contribution in [0.1, 0.15) is 21.5 Å². The number of halogens is 1. The first kappa shape index (κ1) is 18.3. The van der Waals surface area contributed by atoms with Crippen LogP contribution < -0.4 is 4.74 Å². The molecule has 1 aromatic heterocycles. The van der Waals surface area contributed by atoms with Crippen molar-refractivity contribution in [3.05, 3.63) is 95.6 Å². The van der Waals surface area contributed by atoms with Gasteiger partial charge in [-0.15, -0.1) is 0 Å². The zero-order valence-corrected chi connectivity index (χ0v) is 16.4. The number of nitrogens with zero attached hydrogens (tertiary/aromatic N) is 2. The number of amides is 1. The van der Waals surface area contributed by atoms with E-state index in [9.17, 15) is 9.18 Å². The van der Waals surface area contributed by atoms with E-state index in [1.807, 2.05) is 41.3 Å². The molecule has 0 unspecified atom stereocenters. The molecule has 0 saturated heterocycles. The number of hydrogen-bond donors (Lipinski definition) is 0. The van der Waals surface area contributed by atoms with Crippen molar-refractivity contribution in [3.63, 3.8) is 0 Å². The third kappa shape index (κ3) is 3.08. The van der Waals surface area contributed by atoms with Crippen LogP contribution in [0, 0.1) is 5.82 Å². The van der Waals surface area contributed by atoms with Crippen molar-refractivity contribution in [3.8, 4) is 16.9 Å². The van der Waals surface area contributed by atoms with E-state index in [1.54, 1.807) is 31.6 Å². The Labute approximate surface area is 173 Å². The van der Waals surface area contributed by atoms with E-state index in [4.69, 9.17) is 4.74 Å². The number of carbonyl (C=O) groups is 1. The summed E-state index contributed by atoms with van der Waals surface area (Å²) in [4.78, 5) is 19.1. The second-order valence-electron chi connectivity index (χ2n) is 7.39. The van der Waals surface area contributed by atoms with Gasteiger partial charge in [0.25, 0.3) is 5.91 Å². The highest BCUT2D eigenvalue weighted by Crippen LogP contribution is 2.40. The molecule has 1 aliphatic heterocycles. The number of pyridine rings is 1. The molecule has 0 bridgehead atoms. The molecule has 4 aromatic rings. The first-order valence-corrected chi connectivity index (χ1v) is 9.72. The summed E-state index contributed by atoms with van der Waals surface area (Å²) in [6.07, 6.45) is 3.46. The Balaban J connectivity index is 1.68. The molecule has 0 fully saturated rings. The smallest absolute Gasteiger partial charge is 0.254 e. The molecular weight excluding hydrogens is 379 g/mol. The van der Waals surface area contributed by atoms with E-state index >= 15 is 0 Å². The summed E-state index contributed by atoms with van der Waals surface area (Å²) < 4.78 is 19.0. The first-order valence-electron chi connectivity index (χ1n) is 9.72. The van der Waals surface area contributed by atoms with Gasteiger partial charge >= 0.3 is 0 Å². The van der Waals surface area contributed by atoms with Crippen molar-refractivity contribution in [1.29, 1.82) is 0 Å². The monoisotopic (exact) mass is 398 g/mol. The van der Waals surface area contributed by atoms with E-state index in [-0.39, 0.29) is 11.7 Å². The van der Waals surface area contributed by atoms with Crippen molar-refractivity contribution in [2.24, 2.45) is 0 Å². The zero-order chi connectivity index (χ0) is 20.7. The average molecular weight is 398 g/mol. The molecule has 30 heavy (non-hydrogen) atoms. The maximum absolute atomic E-state index is 13.6. The third-order valence-electron chi connectivity index (χ3n) is 5.58. The van der Waals surface area contributed by atoms with Crippen molar-refractivity contribution in [2.45, 2.75) is 13.1 Å². The van der Waals surface area contributed by atoms with Crippen LogP contribution in [0.2, 0.25) is 0 Å². The van der Waals surface area contributed by atoms with Crippen molar-refractivity contribution in [2.75, 3.05) is 7.11 Å². The van der Waals surface area contributed by atoms with Crippen LogP contribution in [0.5, 0.6) is 5.75 Å². The Morgan fingerprint density at radius 2 is 1.80 bits per heavy atom. The number of carbonyl (C=O) groups excluding carboxylic acids is 1. The number of aromatic nitrogens is 1. The molecule has 0 N–H and O–H groups in total. The van der Waals surface area contributed by atoms with Crippen LogP contribution in [0.15, 0.2) is 73.1 Å². The number of methoxy groups -OCH3 is 1. The lowest BCUT2D eigenvalue weighted by Gasteiger charge is -2.16. The highest BCUT2D eigenvalue weighted by Gasteiger charge is 2.31. The van der Waals surface area contributed by atoms with Gasteiger partial charge in [-0.1, -0.05) is 18.2 Å². The number of hydrogen-bond acceptors (Lipinski definition) is 3. The summed E-state index contributed by atoms with van der Waals surface area (Å²) in [6.45, 7) is 1.02. The molecule has 0 radical (unpaired) electrons. The molecule has 0 spiro atoms. The normalized spacial score (nSPS) is 13.0. The second kappa shape index (κ2) is 7.26. The molecule has 2 heterocycles. The minimum absolute atomic E-state index is 0.00473. The van der Waals surface area contributed by atoms with E-state index in [0.717, 1.165) is 38.8 Å². The largest absolute Gasteiger partial charge is 0.497 e. The molecule has 5 rings (SSSR count). The summed E-state index contributed by atoms with van der Waals surface area (Å²) in [6, 6.07) is 18.1. The molecule has 3 aromatic carbocycles. The lowest BCUT2D eigenvalue weighted by atomic mass is 9.90. The van der Waals surface area contributed by atoms with Gasteiger partial charge in [0, 0.05) is 31.0 Å². The van der Waals surface area contributed by atoms with Gasteiger partial charge in [-0.2, -0.15) is 0 Å². The Hall–Kier alpha value is -3.73. The van der Waals surface area contributed by atoms with Crippen molar-refractivity contribution < 1.29 is 13.9 Å². The summed E-state index contributed by atoms with van der Waals surface area (Å²) in [5.74, 6) is 0.439. The van der Waals surface area contributed by atoms with Crippen LogP contribution in [0.3, 0.4) is 0 Å². The highest BCUT2D eigenvalue weighted by molar-refractivity contribution is 6.09. The summed E-state index contributed by atoms with van der Waals surface area (Å²) in [7, 11) is 1.62. The lowest BCUT2D eigenvalue weighted by Crippen LogP contribution is -2.23. The van der Waals surface area contributed by atoms with E-state index in [1.165, 1.54) is 12.1 Å². The summed E-state index contributed by atoms with van der Waals surface area (Å²) >= 11 is 0. The maximum atomic E-state index is 13.6. The summed E-state index contributed by atoms with van der Waals surface area (Å²) in [5, 5.41) is 1.94. The van der Waals surface area contributed by atoms with Gasteiger partial charge in [0.15, 0.2) is 0 Å². The van der Waals surface area contributed by atoms with Crippen molar-refractivity contribution in [1.82, 2.24) is 9.88 Å². The van der Waals surface area contributed by atoms with Crippen LogP contribution in [-0.4, -0.2) is 22.9 Å². The van der Waals surface area contributed by atoms with Gasteiger partial charge in [0.1, 0.15) is 11.6 Å². The average Bonchev–Trinajstić information content (AvgIpc) is 3.08. The number of rotatable bonds is 4. The van der Waals surface area contributed by atoms with Gasteiger partial charge in [0.2, 0.25) is 0 Å². The third-order valence-corrected chi connectivity index (χ3v) is 5.58. The Bertz CT molecular complexity index is 1250. The Morgan fingerprint density at radius 1 is 1.03 bits per heavy atom. The topological polar surface area (TPSA) is 42.4 Å². The zero-order valence-electron chi connectivity index (χ0n) is 16.4. The van der Waals surface area contributed by atoms with Crippen LogP contribution in [0.4, 0.5) is 4.39 Å². The standard InChI is InChI=1S/C25H19FN2O2/c1-30-20-6-7-21-18(12-20)13-22-23(24(21)17-2-4-19(26)5-3-17)15-28(25(22)29)14-16-8-10-27-11-9-16/h2-13H,14-15H2,1H3. The lowest BCUT2D eigenvalue weighted by molar-refractivity contribution is 0.0767. The van der Waals surface area contributed by atoms with Crippen molar-refractivity contribution >= 4 is 16.7 Å². The van der Waals surface area contributed by atoms with Crippen LogP contribution in [0.25, 0.3) is 21.9 Å². The minimum Gasteiger partial charge on any atom is -0.497 e. The number of ether oxygens (including phenoxy) is 1. The predicted molar refractivity (Wildman–Crippen MR) is 114 cm³/mol. The fourth-order valence-electron chi connectivity index (χ4n) is 4.13. The van der Waals surface area contributed by atoms with E-state index < -0.39 is 0 Å². The molecule has 148 valence electrons. The first-order chi connectivity index (χ1) is 14.6. The highest BCUT2D eigenvalue weighted by atomic mass is 19.1. The van der Waals surface area contributed by atoms with Gasteiger partial charge in [-0.05, 0) is 75.5 Å². The Kier molecular flexibility index (Phi) is 4.43. The van der Waals surface area contributed by atoms with Crippen LogP contribution >= 0.6 is 0 Å². The van der Waals surface area contributed by atoms with Gasteiger partial charge in [-0.25, -0.2) is 4.39 Å². The van der Waals surface area contributed by atoms with Crippen LogP contribution in [-0.2, 0) is 13.1 Å². The van der Waals surface area contributed by atoms with E-state index in [0.29, 0.717) is 18.7 Å². The van der Waals surface area contributed by atoms with Gasteiger partial charge in [-0.3, -0.25) is 9.78 Å². The molecule has 5 heteroatoms. The molecule has 1 aliphatic rings. The van der Waals surface area contributed by atoms with Gasteiger partial charge in [0.05, 0.1) is 7.11 Å². The molecule has 0 aliphatic carbocycles. The molecular formula is C25H19FN2O2. The minimum atomic E-state index is -0.285. The fourth-order valence-corrected chi connectivity index (χ4v) is 4.13. The maximum Gasteiger partial charge on any atom is 0.254 e. The quantitative estimate of drug-likeness (QED) is 0.474. The Morgan fingerprint density at radius 3 is 2.53 bits per heavy atom. The SMILES string of the molecule is COc1ccc2c(-c3ccc(F)cc3)c3c(cc2c1)C(=O)N(Cc1ccncc1)C3. The molecule has 4 nitrogen and oxygen atoms in total. The molecule has 0 atom stereocenters. The molecule has 0 saturated carbocycles. The fraction of sp³-hybridized carbons (Fsp3) is 0.120. The number of benzene rings is 3. The van der Waals surface area contributed by atoms with Gasteiger partial charge < -0.3 is 9.64 Å². The predicted octanol–water partition coefficient (Wildman–Crippen LogP) is 5.21. The molecule has 1 amide bonds. The number of fused-ring (bicyclic) bond motifs is 2. The summed E-state index contributed by atoms with van der Waals surface area (Å²) in [5.41, 5.74) is 4.54. The van der Waals surface area contributed by atoms with E-state index in [2.05, 4.69) is 4.98 Å². The second-order valence-corrected chi connectivity index (χ2v) is 7.39.